The van der Waals surface area contributed by atoms with Crippen molar-refractivity contribution in [1.29, 1.82) is 0 Å². The van der Waals surface area contributed by atoms with Crippen molar-refractivity contribution in [3.63, 3.8) is 0 Å². The Hall–Kier alpha value is -2.80. The summed E-state index contributed by atoms with van der Waals surface area (Å²) in [4.78, 5) is 16.9. The minimum absolute atomic E-state index is 0.0283. The molecule has 0 N–H and O–H groups in total. The van der Waals surface area contributed by atoms with Crippen molar-refractivity contribution < 1.29 is 23.4 Å². The zero-order valence-electron chi connectivity index (χ0n) is 16.2. The van der Waals surface area contributed by atoms with Gasteiger partial charge in [-0.15, -0.1) is 0 Å². The molecule has 2 aromatic rings. The van der Waals surface area contributed by atoms with Crippen LogP contribution >= 0.6 is 0 Å². The summed E-state index contributed by atoms with van der Waals surface area (Å²) in [5, 5.41) is 0. The molecule has 1 fully saturated rings. The van der Waals surface area contributed by atoms with E-state index in [1.165, 1.54) is 12.1 Å². The first kappa shape index (κ1) is 19.9. The van der Waals surface area contributed by atoms with Crippen molar-refractivity contribution in [2.45, 2.75) is 0 Å². The van der Waals surface area contributed by atoms with Gasteiger partial charge in [-0.05, 0) is 36.4 Å². The fraction of sp³-hybridized carbons (Fsp3) is 0.381. The summed E-state index contributed by atoms with van der Waals surface area (Å²) in [6.07, 6.45) is 0. The Morgan fingerprint density at radius 3 is 2.11 bits per heavy atom. The number of piperazine rings is 1. The molecular weight excluding hydrogens is 363 g/mol. The van der Waals surface area contributed by atoms with Crippen molar-refractivity contribution >= 4 is 5.91 Å². The normalized spacial score (nSPS) is 14.6. The van der Waals surface area contributed by atoms with Gasteiger partial charge in [0.05, 0.1) is 14.2 Å². The fourth-order valence-corrected chi connectivity index (χ4v) is 3.11. The summed E-state index contributed by atoms with van der Waals surface area (Å²) in [7, 11) is 3.13. The van der Waals surface area contributed by atoms with Gasteiger partial charge in [-0.1, -0.05) is 0 Å². The Kier molecular flexibility index (Phi) is 6.71. The average molecular weight is 388 g/mol. The Labute approximate surface area is 164 Å². The molecule has 1 amide bonds. The third kappa shape index (κ3) is 5.13. The molecule has 150 valence electrons. The van der Waals surface area contributed by atoms with Crippen molar-refractivity contribution in [1.82, 2.24) is 9.80 Å². The largest absolute Gasteiger partial charge is 0.497 e. The van der Waals surface area contributed by atoms with Crippen molar-refractivity contribution in [3.8, 4) is 17.2 Å². The number of carbonyl (C=O) groups is 1. The van der Waals surface area contributed by atoms with E-state index in [0.717, 1.165) is 19.6 Å². The molecule has 7 heteroatoms. The molecule has 6 nitrogen and oxygen atoms in total. The van der Waals surface area contributed by atoms with Gasteiger partial charge in [0.2, 0.25) is 0 Å². The Morgan fingerprint density at radius 1 is 0.929 bits per heavy atom. The molecule has 0 bridgehead atoms. The lowest BCUT2D eigenvalue weighted by Crippen LogP contribution is -2.49. The summed E-state index contributed by atoms with van der Waals surface area (Å²) < 4.78 is 29.0. The second kappa shape index (κ2) is 9.41. The van der Waals surface area contributed by atoms with Gasteiger partial charge < -0.3 is 19.1 Å². The van der Waals surface area contributed by atoms with Gasteiger partial charge in [0.15, 0.2) is 0 Å². The highest BCUT2D eigenvalue weighted by atomic mass is 19.1. The molecule has 0 radical (unpaired) electrons. The standard InChI is InChI=1S/C21H25FN2O4/c1-26-19-13-16(14-20(15-19)27-2)21(25)24-9-7-23(8-10-24)11-12-28-18-5-3-17(22)4-6-18/h3-6,13-15H,7-12H2,1-2H3. The fourth-order valence-electron chi connectivity index (χ4n) is 3.11. The molecule has 3 rings (SSSR count). The smallest absolute Gasteiger partial charge is 0.254 e. The topological polar surface area (TPSA) is 51.2 Å². The van der Waals surface area contributed by atoms with Crippen LogP contribution in [0, 0.1) is 5.82 Å². The number of carbonyl (C=O) groups excluding carboxylic acids is 1. The predicted octanol–water partition coefficient (Wildman–Crippen LogP) is 2.68. The van der Waals surface area contributed by atoms with E-state index in [4.69, 9.17) is 14.2 Å². The van der Waals surface area contributed by atoms with Crippen molar-refractivity contribution in [3.05, 3.63) is 53.8 Å². The van der Waals surface area contributed by atoms with Crippen molar-refractivity contribution in [2.24, 2.45) is 0 Å². The molecule has 0 atom stereocenters. The first-order chi connectivity index (χ1) is 13.6. The SMILES string of the molecule is COc1cc(OC)cc(C(=O)N2CCN(CCOc3ccc(F)cc3)CC2)c1. The highest BCUT2D eigenvalue weighted by Crippen LogP contribution is 2.23. The lowest BCUT2D eigenvalue weighted by Gasteiger charge is -2.34. The third-order valence-corrected chi connectivity index (χ3v) is 4.75. The number of ether oxygens (including phenoxy) is 3. The summed E-state index contributed by atoms with van der Waals surface area (Å²) in [6.45, 7) is 4.13. The molecule has 1 aliphatic heterocycles. The van der Waals surface area contributed by atoms with E-state index in [1.54, 1.807) is 44.6 Å². The number of methoxy groups -OCH3 is 2. The van der Waals surface area contributed by atoms with Crippen molar-refractivity contribution in [2.75, 3.05) is 53.6 Å². The van der Waals surface area contributed by atoms with Gasteiger partial charge in [0, 0.05) is 44.4 Å². The summed E-state index contributed by atoms with van der Waals surface area (Å²) >= 11 is 0. The lowest BCUT2D eigenvalue weighted by molar-refractivity contribution is 0.0619. The number of hydrogen-bond acceptors (Lipinski definition) is 5. The van der Waals surface area contributed by atoms with Gasteiger partial charge in [-0.3, -0.25) is 9.69 Å². The van der Waals surface area contributed by atoms with E-state index in [1.807, 2.05) is 4.90 Å². The predicted molar refractivity (Wildman–Crippen MR) is 104 cm³/mol. The molecule has 1 aliphatic rings. The van der Waals surface area contributed by atoms with E-state index in [2.05, 4.69) is 4.90 Å². The Balaban J connectivity index is 1.48. The maximum Gasteiger partial charge on any atom is 0.254 e. The quantitative estimate of drug-likeness (QED) is 0.730. The van der Waals surface area contributed by atoms with Gasteiger partial charge in [0.25, 0.3) is 5.91 Å². The lowest BCUT2D eigenvalue weighted by atomic mass is 10.1. The Morgan fingerprint density at radius 2 is 1.54 bits per heavy atom. The van der Waals surface area contributed by atoms with Crippen LogP contribution in [0.2, 0.25) is 0 Å². The molecule has 0 aliphatic carbocycles. The van der Waals surface area contributed by atoms with Gasteiger partial charge >= 0.3 is 0 Å². The first-order valence-corrected chi connectivity index (χ1v) is 9.22. The molecule has 2 aromatic carbocycles. The zero-order valence-corrected chi connectivity index (χ0v) is 16.2. The highest BCUT2D eigenvalue weighted by molar-refractivity contribution is 5.95. The molecule has 0 unspecified atom stereocenters. The number of hydrogen-bond donors (Lipinski definition) is 0. The second-order valence-electron chi connectivity index (χ2n) is 6.54. The van der Waals surface area contributed by atoms with E-state index < -0.39 is 0 Å². The van der Waals surface area contributed by atoms with Crippen LogP contribution in [-0.2, 0) is 0 Å². The number of benzene rings is 2. The molecule has 1 heterocycles. The average Bonchev–Trinajstić information content (AvgIpc) is 2.74. The minimum Gasteiger partial charge on any atom is -0.497 e. The van der Waals surface area contributed by atoms with Gasteiger partial charge in [-0.2, -0.15) is 0 Å². The Bertz CT molecular complexity index is 767. The molecule has 0 spiro atoms. The van der Waals surface area contributed by atoms with E-state index >= 15 is 0 Å². The van der Waals surface area contributed by atoms with Crippen LogP contribution < -0.4 is 14.2 Å². The second-order valence-corrected chi connectivity index (χ2v) is 6.54. The maximum absolute atomic E-state index is 12.9. The number of amides is 1. The summed E-state index contributed by atoms with van der Waals surface area (Å²) in [5.41, 5.74) is 0.560. The molecule has 1 saturated heterocycles. The molecule has 0 aromatic heterocycles. The first-order valence-electron chi connectivity index (χ1n) is 9.22. The minimum atomic E-state index is -0.276. The highest BCUT2D eigenvalue weighted by Gasteiger charge is 2.23. The van der Waals surface area contributed by atoms with Gasteiger partial charge in [0.1, 0.15) is 29.7 Å². The summed E-state index contributed by atoms with van der Waals surface area (Å²) in [6, 6.07) is 11.2. The van der Waals surface area contributed by atoms with Crippen LogP contribution in [-0.4, -0.2) is 69.3 Å². The molecule has 28 heavy (non-hydrogen) atoms. The van der Waals surface area contributed by atoms with E-state index in [0.29, 0.717) is 42.5 Å². The van der Waals surface area contributed by atoms with Crippen LogP contribution in [0.25, 0.3) is 0 Å². The van der Waals surface area contributed by atoms with Crippen LogP contribution in [0.1, 0.15) is 10.4 Å². The molecular formula is C21H25FN2O4. The third-order valence-electron chi connectivity index (χ3n) is 4.75. The molecule has 0 saturated carbocycles. The van der Waals surface area contributed by atoms with Crippen LogP contribution in [0.5, 0.6) is 17.2 Å². The number of nitrogens with zero attached hydrogens (tertiary/aromatic N) is 2. The summed E-state index contributed by atoms with van der Waals surface area (Å²) in [5.74, 6) is 1.54. The number of halogens is 1. The maximum atomic E-state index is 12.9. The van der Waals surface area contributed by atoms with Gasteiger partial charge in [-0.25, -0.2) is 4.39 Å². The van der Waals surface area contributed by atoms with Crippen LogP contribution in [0.3, 0.4) is 0 Å². The number of rotatable bonds is 7. The van der Waals surface area contributed by atoms with Crippen LogP contribution in [0.15, 0.2) is 42.5 Å². The van der Waals surface area contributed by atoms with E-state index in [-0.39, 0.29) is 11.7 Å². The zero-order chi connectivity index (χ0) is 19.9. The van der Waals surface area contributed by atoms with Crippen LogP contribution in [0.4, 0.5) is 4.39 Å². The van der Waals surface area contributed by atoms with E-state index in [9.17, 15) is 9.18 Å². The monoisotopic (exact) mass is 388 g/mol.